The van der Waals surface area contributed by atoms with E-state index in [9.17, 15) is 22.8 Å². The molecule has 2 N–H and O–H groups in total. The molecule has 0 bridgehead atoms. The highest BCUT2D eigenvalue weighted by molar-refractivity contribution is 5.80. The minimum atomic E-state index is -1.30. The van der Waals surface area contributed by atoms with Gasteiger partial charge in [-0.25, -0.2) is 18.0 Å². The zero-order valence-electron chi connectivity index (χ0n) is 10.4. The van der Waals surface area contributed by atoms with Crippen LogP contribution in [0.2, 0.25) is 0 Å². The second kappa shape index (κ2) is 5.52. The zero-order valence-corrected chi connectivity index (χ0v) is 10.4. The van der Waals surface area contributed by atoms with Gasteiger partial charge in [0.2, 0.25) is 0 Å². The van der Waals surface area contributed by atoms with E-state index >= 15 is 0 Å². The van der Waals surface area contributed by atoms with Crippen LogP contribution in [0.4, 0.5) is 18.0 Å². The largest absolute Gasteiger partial charge is 0.445 e. The maximum absolute atomic E-state index is 13.8. The first-order valence-corrected chi connectivity index (χ1v) is 6.00. The predicted octanol–water partition coefficient (Wildman–Crippen LogP) is 2.40. The van der Waals surface area contributed by atoms with E-state index in [1.54, 1.807) is 0 Å². The van der Waals surface area contributed by atoms with Crippen LogP contribution >= 0.6 is 0 Å². The molecule has 1 saturated carbocycles. The number of hydrogen-bond donors (Lipinski definition) is 1. The molecule has 1 amide bonds. The molecular weight excluding hydrogens is 275 g/mol. The molecule has 1 aliphatic rings. The molecule has 108 valence electrons. The second-order valence-electron chi connectivity index (χ2n) is 4.65. The Kier molecular flexibility index (Phi) is 3.96. The Hall–Kier alpha value is -2.05. The van der Waals surface area contributed by atoms with Gasteiger partial charge in [-0.05, 0) is 18.1 Å². The summed E-state index contributed by atoms with van der Waals surface area (Å²) in [5.74, 6) is -4.33. The summed E-state index contributed by atoms with van der Waals surface area (Å²) in [6.07, 6.45) is -1.85. The van der Waals surface area contributed by atoms with E-state index < -0.39 is 35.6 Å². The van der Waals surface area contributed by atoms with Crippen molar-refractivity contribution in [3.63, 3.8) is 0 Å². The average molecular weight is 287 g/mol. The van der Waals surface area contributed by atoms with Crippen molar-refractivity contribution in [1.82, 2.24) is 0 Å². The predicted molar refractivity (Wildman–Crippen MR) is 62.4 cm³/mol. The SMILES string of the molecule is NC(=O)OC1CC(=O)CCC1c1cc(F)c(F)cc1F. The van der Waals surface area contributed by atoms with Crippen LogP contribution in [-0.2, 0) is 9.53 Å². The summed E-state index contributed by atoms with van der Waals surface area (Å²) in [6.45, 7) is 0. The molecule has 0 spiro atoms. The maximum atomic E-state index is 13.8. The summed E-state index contributed by atoms with van der Waals surface area (Å²) < 4.78 is 44.7. The Morgan fingerprint density at radius 1 is 1.20 bits per heavy atom. The van der Waals surface area contributed by atoms with Crippen molar-refractivity contribution < 1.29 is 27.5 Å². The first kappa shape index (κ1) is 14.4. The molecule has 1 fully saturated rings. The number of benzene rings is 1. The fraction of sp³-hybridized carbons (Fsp3) is 0.385. The van der Waals surface area contributed by atoms with E-state index in [-0.39, 0.29) is 30.6 Å². The van der Waals surface area contributed by atoms with E-state index in [2.05, 4.69) is 0 Å². The molecule has 1 aromatic carbocycles. The molecule has 0 aliphatic heterocycles. The van der Waals surface area contributed by atoms with Crippen LogP contribution in [0, 0.1) is 17.5 Å². The van der Waals surface area contributed by atoms with Crippen molar-refractivity contribution in [2.45, 2.75) is 31.3 Å². The summed E-state index contributed by atoms with van der Waals surface area (Å²) in [4.78, 5) is 22.2. The Morgan fingerprint density at radius 3 is 2.50 bits per heavy atom. The number of rotatable bonds is 2. The highest BCUT2D eigenvalue weighted by Gasteiger charge is 2.35. The Bertz CT molecular complexity index is 560. The molecule has 0 saturated heterocycles. The molecular formula is C13H12F3NO3. The third kappa shape index (κ3) is 2.92. The summed E-state index contributed by atoms with van der Waals surface area (Å²) in [7, 11) is 0. The normalized spacial score (nSPS) is 22.6. The van der Waals surface area contributed by atoms with Crippen LogP contribution < -0.4 is 5.73 Å². The van der Waals surface area contributed by atoms with E-state index in [1.165, 1.54) is 0 Å². The third-order valence-electron chi connectivity index (χ3n) is 3.32. The van der Waals surface area contributed by atoms with Gasteiger partial charge in [0.15, 0.2) is 11.6 Å². The van der Waals surface area contributed by atoms with Gasteiger partial charge in [-0.3, -0.25) is 4.79 Å². The lowest BCUT2D eigenvalue weighted by molar-refractivity contribution is -0.123. The molecule has 1 aliphatic carbocycles. The molecule has 4 nitrogen and oxygen atoms in total. The van der Waals surface area contributed by atoms with Crippen LogP contribution in [-0.4, -0.2) is 18.0 Å². The van der Waals surface area contributed by atoms with Gasteiger partial charge in [-0.1, -0.05) is 0 Å². The van der Waals surface area contributed by atoms with Gasteiger partial charge < -0.3 is 10.5 Å². The third-order valence-corrected chi connectivity index (χ3v) is 3.32. The molecule has 7 heteroatoms. The van der Waals surface area contributed by atoms with Crippen LogP contribution in [0.15, 0.2) is 12.1 Å². The molecule has 2 unspecified atom stereocenters. The van der Waals surface area contributed by atoms with Crippen molar-refractivity contribution in [2.24, 2.45) is 5.73 Å². The number of amides is 1. The number of ether oxygens (including phenoxy) is 1. The quantitative estimate of drug-likeness (QED) is 0.849. The van der Waals surface area contributed by atoms with E-state index in [4.69, 9.17) is 10.5 Å². The van der Waals surface area contributed by atoms with Crippen LogP contribution in [0.25, 0.3) is 0 Å². The van der Waals surface area contributed by atoms with Crippen molar-refractivity contribution in [1.29, 1.82) is 0 Å². The standard InChI is InChI=1S/C13H12F3NO3/c14-9-5-11(16)10(15)4-8(9)7-2-1-6(18)3-12(7)20-13(17)19/h4-5,7,12H,1-3H2,(H2,17,19). The molecule has 1 aromatic rings. The van der Waals surface area contributed by atoms with Gasteiger partial charge in [-0.15, -0.1) is 0 Å². The minimum absolute atomic E-state index is 0.119. The van der Waals surface area contributed by atoms with Gasteiger partial charge in [0.1, 0.15) is 17.7 Å². The van der Waals surface area contributed by atoms with Crippen LogP contribution in [0.3, 0.4) is 0 Å². The first-order valence-electron chi connectivity index (χ1n) is 6.00. The smallest absolute Gasteiger partial charge is 0.404 e. The molecule has 0 radical (unpaired) electrons. The summed E-state index contributed by atoms with van der Waals surface area (Å²) in [5, 5.41) is 0. The highest BCUT2D eigenvalue weighted by atomic mass is 19.2. The van der Waals surface area contributed by atoms with Gasteiger partial charge in [0.25, 0.3) is 0 Å². The van der Waals surface area contributed by atoms with Gasteiger partial charge >= 0.3 is 6.09 Å². The number of nitrogens with two attached hydrogens (primary N) is 1. The monoisotopic (exact) mass is 287 g/mol. The Balaban J connectivity index is 2.35. The Morgan fingerprint density at radius 2 is 1.85 bits per heavy atom. The van der Waals surface area contributed by atoms with Crippen LogP contribution in [0.5, 0.6) is 0 Å². The minimum Gasteiger partial charge on any atom is -0.445 e. The number of ketones is 1. The summed E-state index contributed by atoms with van der Waals surface area (Å²) in [5.41, 5.74) is 4.78. The summed E-state index contributed by atoms with van der Waals surface area (Å²) in [6, 6.07) is 1.16. The Labute approximate surface area is 112 Å². The lowest BCUT2D eigenvalue weighted by Crippen LogP contribution is -2.34. The van der Waals surface area contributed by atoms with Crippen molar-refractivity contribution in [3.05, 3.63) is 35.1 Å². The topological polar surface area (TPSA) is 69.4 Å². The van der Waals surface area contributed by atoms with E-state index in [0.29, 0.717) is 6.07 Å². The van der Waals surface area contributed by atoms with Gasteiger partial charge in [0, 0.05) is 24.8 Å². The lowest BCUT2D eigenvalue weighted by Gasteiger charge is -2.30. The van der Waals surface area contributed by atoms with Crippen molar-refractivity contribution >= 4 is 11.9 Å². The molecule has 0 heterocycles. The van der Waals surface area contributed by atoms with Gasteiger partial charge in [-0.2, -0.15) is 0 Å². The molecule has 0 aromatic heterocycles. The number of carbonyl (C=O) groups is 2. The zero-order chi connectivity index (χ0) is 14.9. The van der Waals surface area contributed by atoms with Crippen LogP contribution in [0.1, 0.15) is 30.7 Å². The fourth-order valence-electron chi connectivity index (χ4n) is 2.42. The van der Waals surface area contributed by atoms with Crippen molar-refractivity contribution in [2.75, 3.05) is 0 Å². The van der Waals surface area contributed by atoms with Gasteiger partial charge in [0.05, 0.1) is 0 Å². The van der Waals surface area contributed by atoms with Crippen molar-refractivity contribution in [3.8, 4) is 0 Å². The number of carbonyl (C=O) groups excluding carboxylic acids is 2. The number of Topliss-reactive ketones (excluding diaryl/α,β-unsaturated/α-hetero) is 1. The first-order chi connectivity index (χ1) is 9.38. The average Bonchev–Trinajstić information content (AvgIpc) is 2.34. The maximum Gasteiger partial charge on any atom is 0.404 e. The molecule has 2 atom stereocenters. The summed E-state index contributed by atoms with van der Waals surface area (Å²) >= 11 is 0. The fourth-order valence-corrected chi connectivity index (χ4v) is 2.42. The molecule has 2 rings (SSSR count). The second-order valence-corrected chi connectivity index (χ2v) is 4.65. The lowest BCUT2D eigenvalue weighted by atomic mass is 9.80. The number of halogens is 3. The molecule has 20 heavy (non-hydrogen) atoms. The van der Waals surface area contributed by atoms with E-state index in [1.807, 2.05) is 0 Å². The highest BCUT2D eigenvalue weighted by Crippen LogP contribution is 2.35. The number of primary amides is 1. The number of hydrogen-bond acceptors (Lipinski definition) is 3. The van der Waals surface area contributed by atoms with E-state index in [0.717, 1.165) is 6.07 Å².